The minimum Gasteiger partial charge on any atom is -0.360 e. The lowest BCUT2D eigenvalue weighted by Gasteiger charge is -2.22. The number of rotatable bonds is 5. The Morgan fingerprint density at radius 3 is 2.52 bits per heavy atom. The Kier molecular flexibility index (Phi) is 5.15. The Hall–Kier alpha value is -2.25. The molecule has 1 aromatic heterocycles. The Labute approximate surface area is 154 Å². The highest BCUT2D eigenvalue weighted by Crippen LogP contribution is 2.32. The fraction of sp³-hybridized carbons (Fsp3) is 0.312. The van der Waals surface area contributed by atoms with Gasteiger partial charge in [-0.25, -0.2) is 4.79 Å². The maximum absolute atomic E-state index is 12.6. The standard InChI is InChI=1S/C16H16Cl2N4O3/c1-9-7-13(21-25-9)19-14(23)8-22(10-5-6-10)16(24)20-15-11(17)3-2-4-12(15)18/h2-4,7,10H,5-6,8H2,1H3,(H,20,24)(H,19,21,23). The zero-order chi connectivity index (χ0) is 18.0. The molecule has 1 heterocycles. The summed E-state index contributed by atoms with van der Waals surface area (Å²) in [5.74, 6) is 0.536. The Morgan fingerprint density at radius 2 is 1.96 bits per heavy atom. The highest BCUT2D eigenvalue weighted by molar-refractivity contribution is 6.39. The molecule has 7 nitrogen and oxygen atoms in total. The number of benzene rings is 1. The summed E-state index contributed by atoms with van der Waals surface area (Å²) in [6.45, 7) is 1.62. The van der Waals surface area contributed by atoms with E-state index in [4.69, 9.17) is 27.7 Å². The maximum Gasteiger partial charge on any atom is 0.322 e. The van der Waals surface area contributed by atoms with Gasteiger partial charge in [-0.05, 0) is 31.9 Å². The van der Waals surface area contributed by atoms with Crippen molar-refractivity contribution in [2.45, 2.75) is 25.8 Å². The smallest absolute Gasteiger partial charge is 0.322 e. The molecule has 0 spiro atoms. The van der Waals surface area contributed by atoms with Crippen molar-refractivity contribution in [2.24, 2.45) is 0 Å². The van der Waals surface area contributed by atoms with Crippen LogP contribution in [0.2, 0.25) is 10.0 Å². The van der Waals surface area contributed by atoms with Crippen molar-refractivity contribution >= 4 is 46.6 Å². The van der Waals surface area contributed by atoms with Gasteiger partial charge in [-0.2, -0.15) is 0 Å². The third-order valence-corrected chi connectivity index (χ3v) is 4.28. The van der Waals surface area contributed by atoms with Crippen molar-refractivity contribution in [2.75, 3.05) is 17.2 Å². The number of amides is 3. The summed E-state index contributed by atoms with van der Waals surface area (Å²) in [5.41, 5.74) is 0.328. The van der Waals surface area contributed by atoms with Crippen LogP contribution < -0.4 is 10.6 Å². The van der Waals surface area contributed by atoms with E-state index < -0.39 is 6.03 Å². The third-order valence-electron chi connectivity index (χ3n) is 3.65. The lowest BCUT2D eigenvalue weighted by Crippen LogP contribution is -2.42. The molecule has 1 aliphatic rings. The van der Waals surface area contributed by atoms with Crippen LogP contribution in [0.5, 0.6) is 0 Å². The monoisotopic (exact) mass is 382 g/mol. The topological polar surface area (TPSA) is 87.5 Å². The highest BCUT2D eigenvalue weighted by Gasteiger charge is 2.34. The molecule has 1 aliphatic carbocycles. The molecule has 132 valence electrons. The highest BCUT2D eigenvalue weighted by atomic mass is 35.5. The van der Waals surface area contributed by atoms with Crippen LogP contribution in [0.1, 0.15) is 18.6 Å². The number of aromatic nitrogens is 1. The first-order chi connectivity index (χ1) is 11.9. The molecule has 1 aromatic carbocycles. The fourth-order valence-electron chi connectivity index (χ4n) is 2.31. The summed E-state index contributed by atoms with van der Waals surface area (Å²) in [7, 11) is 0. The average molecular weight is 383 g/mol. The van der Waals surface area contributed by atoms with Gasteiger partial charge in [0.1, 0.15) is 12.3 Å². The molecule has 1 fully saturated rings. The summed E-state index contributed by atoms with van der Waals surface area (Å²) in [4.78, 5) is 26.2. The number of hydrogen-bond donors (Lipinski definition) is 2. The molecule has 2 aromatic rings. The predicted octanol–water partition coefficient (Wildman–Crippen LogP) is 3.92. The van der Waals surface area contributed by atoms with Crippen molar-refractivity contribution in [1.82, 2.24) is 10.1 Å². The summed E-state index contributed by atoms with van der Waals surface area (Å²) < 4.78 is 4.90. The molecule has 0 aliphatic heterocycles. The molecule has 0 saturated heterocycles. The number of anilines is 2. The maximum atomic E-state index is 12.6. The van der Waals surface area contributed by atoms with Gasteiger partial charge in [0.15, 0.2) is 5.82 Å². The van der Waals surface area contributed by atoms with Gasteiger partial charge in [0, 0.05) is 12.1 Å². The van der Waals surface area contributed by atoms with E-state index in [0.29, 0.717) is 27.3 Å². The van der Waals surface area contributed by atoms with Crippen LogP contribution in [0.4, 0.5) is 16.3 Å². The number of halogens is 2. The molecule has 9 heteroatoms. The van der Waals surface area contributed by atoms with Crippen molar-refractivity contribution < 1.29 is 14.1 Å². The molecule has 0 atom stereocenters. The first kappa shape index (κ1) is 17.6. The lowest BCUT2D eigenvalue weighted by molar-refractivity contribution is -0.116. The van der Waals surface area contributed by atoms with Crippen molar-refractivity contribution in [3.8, 4) is 0 Å². The molecular formula is C16H16Cl2N4O3. The van der Waals surface area contributed by atoms with Crippen LogP contribution in [0.15, 0.2) is 28.8 Å². The van der Waals surface area contributed by atoms with Gasteiger partial charge in [-0.3, -0.25) is 4.79 Å². The zero-order valence-corrected chi connectivity index (χ0v) is 14.9. The largest absolute Gasteiger partial charge is 0.360 e. The number of para-hydroxylation sites is 1. The number of urea groups is 1. The molecule has 0 unspecified atom stereocenters. The van der Waals surface area contributed by atoms with Gasteiger partial charge in [-0.1, -0.05) is 34.4 Å². The lowest BCUT2D eigenvalue weighted by atomic mass is 10.3. The van der Waals surface area contributed by atoms with Gasteiger partial charge in [0.05, 0.1) is 15.7 Å². The number of nitrogens with zero attached hydrogens (tertiary/aromatic N) is 2. The fourth-order valence-corrected chi connectivity index (χ4v) is 2.80. The van der Waals surface area contributed by atoms with Gasteiger partial charge in [0.25, 0.3) is 0 Å². The number of nitrogens with one attached hydrogen (secondary N) is 2. The Bertz CT molecular complexity index is 784. The molecular weight excluding hydrogens is 367 g/mol. The number of hydrogen-bond acceptors (Lipinski definition) is 4. The van der Waals surface area contributed by atoms with Gasteiger partial charge in [-0.15, -0.1) is 0 Å². The predicted molar refractivity (Wildman–Crippen MR) is 95.1 cm³/mol. The van der Waals surface area contributed by atoms with E-state index in [-0.39, 0.29) is 18.5 Å². The molecule has 0 bridgehead atoms. The minimum atomic E-state index is -0.427. The van der Waals surface area contributed by atoms with Crippen molar-refractivity contribution in [3.05, 3.63) is 40.1 Å². The van der Waals surface area contributed by atoms with Crippen LogP contribution in [-0.4, -0.2) is 34.6 Å². The Balaban J connectivity index is 1.66. The van der Waals surface area contributed by atoms with Crippen LogP contribution in [0, 0.1) is 6.92 Å². The Morgan fingerprint density at radius 1 is 1.28 bits per heavy atom. The molecule has 3 rings (SSSR count). The van der Waals surface area contributed by atoms with Gasteiger partial charge < -0.3 is 20.1 Å². The van der Waals surface area contributed by atoms with E-state index in [2.05, 4.69) is 15.8 Å². The van der Waals surface area contributed by atoms with Crippen LogP contribution in [-0.2, 0) is 4.79 Å². The minimum absolute atomic E-state index is 0.0195. The average Bonchev–Trinajstić information content (AvgIpc) is 3.31. The zero-order valence-electron chi connectivity index (χ0n) is 13.4. The molecule has 0 radical (unpaired) electrons. The third kappa shape index (κ3) is 4.43. The van der Waals surface area contributed by atoms with E-state index in [1.807, 2.05) is 0 Å². The van der Waals surface area contributed by atoms with E-state index in [1.54, 1.807) is 31.2 Å². The number of carbonyl (C=O) groups is 2. The van der Waals surface area contributed by atoms with E-state index in [9.17, 15) is 9.59 Å². The molecule has 2 N–H and O–H groups in total. The van der Waals surface area contributed by atoms with E-state index in [1.165, 1.54) is 4.90 Å². The number of aryl methyl sites for hydroxylation is 1. The first-order valence-electron chi connectivity index (χ1n) is 7.69. The molecule has 3 amide bonds. The van der Waals surface area contributed by atoms with E-state index in [0.717, 1.165) is 12.8 Å². The normalized spacial score (nSPS) is 13.4. The second-order valence-corrected chi connectivity index (χ2v) is 6.57. The van der Waals surface area contributed by atoms with Crippen LogP contribution in [0.3, 0.4) is 0 Å². The van der Waals surface area contributed by atoms with Gasteiger partial charge >= 0.3 is 6.03 Å². The second-order valence-electron chi connectivity index (χ2n) is 5.76. The SMILES string of the molecule is Cc1cc(NC(=O)CN(C(=O)Nc2c(Cl)cccc2Cl)C2CC2)no1. The van der Waals surface area contributed by atoms with Crippen molar-refractivity contribution in [1.29, 1.82) is 0 Å². The second kappa shape index (κ2) is 7.33. The van der Waals surface area contributed by atoms with E-state index >= 15 is 0 Å². The van der Waals surface area contributed by atoms with Gasteiger partial charge in [0.2, 0.25) is 5.91 Å². The summed E-state index contributed by atoms with van der Waals surface area (Å²) >= 11 is 12.1. The van der Waals surface area contributed by atoms with Crippen molar-refractivity contribution in [3.63, 3.8) is 0 Å². The summed E-state index contributed by atoms with van der Waals surface area (Å²) in [6, 6.07) is 6.14. The summed E-state index contributed by atoms with van der Waals surface area (Å²) in [5, 5.41) is 9.65. The number of carbonyl (C=O) groups excluding carboxylic acids is 2. The quantitative estimate of drug-likeness (QED) is 0.819. The van der Waals surface area contributed by atoms with Crippen LogP contribution >= 0.6 is 23.2 Å². The summed E-state index contributed by atoms with van der Waals surface area (Å²) in [6.07, 6.45) is 1.69. The molecule has 1 saturated carbocycles. The first-order valence-corrected chi connectivity index (χ1v) is 8.44. The molecule has 25 heavy (non-hydrogen) atoms. The van der Waals surface area contributed by atoms with Crippen LogP contribution in [0.25, 0.3) is 0 Å².